The van der Waals surface area contributed by atoms with Crippen LogP contribution in [0.15, 0.2) is 41.8 Å². The Labute approximate surface area is 273 Å². The van der Waals surface area contributed by atoms with E-state index in [0.29, 0.717) is 35.7 Å². The summed E-state index contributed by atoms with van der Waals surface area (Å²) in [6.45, 7) is 6.81. The number of hydrogen-bond acceptors (Lipinski definition) is 9. The van der Waals surface area contributed by atoms with Crippen molar-refractivity contribution < 1.29 is 28.6 Å². The van der Waals surface area contributed by atoms with Gasteiger partial charge >= 0.3 is 12.0 Å². The third-order valence-electron chi connectivity index (χ3n) is 8.42. The van der Waals surface area contributed by atoms with E-state index in [4.69, 9.17) is 24.2 Å². The summed E-state index contributed by atoms with van der Waals surface area (Å²) >= 11 is 1.52. The number of carbonyl (C=O) groups excluding carboxylic acids is 3. The molecule has 3 amide bonds. The van der Waals surface area contributed by atoms with Crippen molar-refractivity contribution in [2.75, 3.05) is 33.9 Å². The highest BCUT2D eigenvalue weighted by molar-refractivity contribution is 7.13. The smallest absolute Gasteiger partial charge is 0.332 e. The van der Waals surface area contributed by atoms with Gasteiger partial charge in [-0.1, -0.05) is 26.0 Å². The van der Waals surface area contributed by atoms with Crippen LogP contribution in [0.25, 0.3) is 21.6 Å². The molecule has 0 saturated heterocycles. The number of amides is 3. The minimum Gasteiger partial charge on any atom is -0.497 e. The molecule has 0 unspecified atom stereocenters. The van der Waals surface area contributed by atoms with Crippen molar-refractivity contribution in [1.82, 2.24) is 25.5 Å². The highest BCUT2D eigenvalue weighted by Gasteiger charge is 2.61. The SMILES string of the molecule is CCOC(=O)[C@@]12C[C@H]1/C=C\CCCCN(C)C(=O)N[C@@H](CCOc1cc(-c3nc(C(C)C)cs3)nc3cc(OC)ccc13)C(=O)N2. The van der Waals surface area contributed by atoms with Crippen molar-refractivity contribution >= 4 is 40.1 Å². The zero-order valence-electron chi connectivity index (χ0n) is 27.1. The van der Waals surface area contributed by atoms with Gasteiger partial charge in [0.15, 0.2) is 0 Å². The van der Waals surface area contributed by atoms with Crippen molar-refractivity contribution in [3.8, 4) is 22.2 Å². The lowest BCUT2D eigenvalue weighted by Crippen LogP contribution is -2.56. The van der Waals surface area contributed by atoms with Crippen LogP contribution >= 0.6 is 11.3 Å². The Hall–Kier alpha value is -4.19. The van der Waals surface area contributed by atoms with Gasteiger partial charge < -0.3 is 29.7 Å². The Balaban J connectivity index is 1.40. The number of esters is 1. The number of fused-ring (bicyclic) bond motifs is 2. The van der Waals surface area contributed by atoms with Gasteiger partial charge in [0.1, 0.15) is 33.8 Å². The van der Waals surface area contributed by atoms with E-state index in [1.165, 1.54) is 11.3 Å². The molecule has 1 saturated carbocycles. The average molecular weight is 650 g/mol. The molecule has 5 rings (SSSR count). The molecule has 3 atom stereocenters. The number of pyridine rings is 1. The molecule has 246 valence electrons. The summed E-state index contributed by atoms with van der Waals surface area (Å²) in [6.07, 6.45) is 7.22. The van der Waals surface area contributed by atoms with Gasteiger partial charge in [-0.25, -0.2) is 19.6 Å². The molecule has 3 heterocycles. The van der Waals surface area contributed by atoms with Crippen LogP contribution in [-0.2, 0) is 14.3 Å². The largest absolute Gasteiger partial charge is 0.497 e. The number of methoxy groups -OCH3 is 1. The molecule has 2 aromatic heterocycles. The molecule has 1 fully saturated rings. The Morgan fingerprint density at radius 3 is 2.76 bits per heavy atom. The van der Waals surface area contributed by atoms with Gasteiger partial charge in [0.05, 0.1) is 31.5 Å². The van der Waals surface area contributed by atoms with E-state index in [1.807, 2.05) is 41.8 Å². The molecular weight excluding hydrogens is 606 g/mol. The molecule has 12 heteroatoms. The van der Waals surface area contributed by atoms with Crippen LogP contribution in [-0.4, -0.2) is 78.3 Å². The summed E-state index contributed by atoms with van der Waals surface area (Å²) in [6, 6.07) is 6.12. The first-order chi connectivity index (χ1) is 22.1. The lowest BCUT2D eigenvalue weighted by molar-refractivity contribution is -0.149. The molecule has 1 aliphatic heterocycles. The Bertz CT molecular complexity index is 1610. The Kier molecular flexibility index (Phi) is 10.5. The fraction of sp³-hybridized carbons (Fsp3) is 0.500. The molecule has 0 bridgehead atoms. The molecule has 2 aliphatic rings. The predicted octanol–water partition coefficient (Wildman–Crippen LogP) is 5.45. The molecule has 0 radical (unpaired) electrons. The molecule has 3 aromatic rings. The first-order valence-electron chi connectivity index (χ1n) is 15.9. The van der Waals surface area contributed by atoms with Crippen LogP contribution in [0.2, 0.25) is 0 Å². The molecular formula is C34H43N5O6S. The van der Waals surface area contributed by atoms with Gasteiger partial charge in [-0.05, 0) is 50.7 Å². The lowest BCUT2D eigenvalue weighted by atomic mass is 10.1. The summed E-state index contributed by atoms with van der Waals surface area (Å²) in [4.78, 5) is 51.1. The summed E-state index contributed by atoms with van der Waals surface area (Å²) in [5.74, 6) is 0.444. The first-order valence-corrected chi connectivity index (χ1v) is 16.8. The molecule has 1 aromatic carbocycles. The van der Waals surface area contributed by atoms with E-state index in [1.54, 1.807) is 26.0 Å². The van der Waals surface area contributed by atoms with Crippen LogP contribution in [0.1, 0.15) is 64.5 Å². The fourth-order valence-corrected chi connectivity index (χ4v) is 6.45. The summed E-state index contributed by atoms with van der Waals surface area (Å²) < 4.78 is 17.1. The van der Waals surface area contributed by atoms with E-state index >= 15 is 0 Å². The van der Waals surface area contributed by atoms with Crippen molar-refractivity contribution in [3.05, 3.63) is 47.5 Å². The first kappa shape index (κ1) is 33.2. The van der Waals surface area contributed by atoms with Gasteiger partial charge in [0.2, 0.25) is 5.91 Å². The normalized spacial score (nSPS) is 22.8. The number of hydrogen-bond donors (Lipinski definition) is 2. The number of ether oxygens (including phenoxy) is 3. The average Bonchev–Trinajstić information content (AvgIpc) is 3.49. The summed E-state index contributed by atoms with van der Waals surface area (Å²) in [5, 5.41) is 9.40. The maximum Gasteiger partial charge on any atom is 0.332 e. The van der Waals surface area contributed by atoms with E-state index in [9.17, 15) is 14.4 Å². The molecule has 1 aliphatic carbocycles. The highest BCUT2D eigenvalue weighted by atomic mass is 32.1. The quantitative estimate of drug-likeness (QED) is 0.231. The standard InChI is InChI=1S/C34H43N5O6S/c1-6-44-32(41)34-19-22(34)11-9-7-8-10-15-39(4)33(42)37-25(30(40)38-34)14-16-45-29-18-27(31-36-28(20-46-31)21(2)3)35-26-17-23(43-5)12-13-24(26)29/h9,11-13,17-18,20-22,25H,6-8,10,14-16,19H2,1-5H3,(H,37,42)(H,38,40)/b11-9-/t22-,25+,34-/m1/s1. The number of allylic oxidation sites excluding steroid dienone is 1. The Morgan fingerprint density at radius 1 is 1.20 bits per heavy atom. The topological polar surface area (TPSA) is 132 Å². The number of nitrogens with one attached hydrogen (secondary N) is 2. The van der Waals surface area contributed by atoms with Gasteiger partial charge in [-0.15, -0.1) is 11.3 Å². The summed E-state index contributed by atoms with van der Waals surface area (Å²) in [7, 11) is 3.31. The Morgan fingerprint density at radius 2 is 2.02 bits per heavy atom. The minimum absolute atomic E-state index is 0.109. The van der Waals surface area contributed by atoms with Crippen molar-refractivity contribution in [1.29, 1.82) is 0 Å². The van der Waals surface area contributed by atoms with E-state index in [-0.39, 0.29) is 37.5 Å². The third kappa shape index (κ3) is 7.43. The predicted molar refractivity (Wildman–Crippen MR) is 177 cm³/mol. The van der Waals surface area contributed by atoms with E-state index in [2.05, 4.69) is 24.5 Å². The maximum atomic E-state index is 13.7. The van der Waals surface area contributed by atoms with Crippen LogP contribution in [0.3, 0.4) is 0 Å². The molecule has 46 heavy (non-hydrogen) atoms. The highest BCUT2D eigenvalue weighted by Crippen LogP contribution is 2.46. The molecule has 2 N–H and O–H groups in total. The molecule has 11 nitrogen and oxygen atoms in total. The second kappa shape index (κ2) is 14.5. The van der Waals surface area contributed by atoms with Gasteiger partial charge in [-0.2, -0.15) is 0 Å². The van der Waals surface area contributed by atoms with E-state index in [0.717, 1.165) is 35.4 Å². The van der Waals surface area contributed by atoms with Crippen LogP contribution in [0.4, 0.5) is 4.79 Å². The summed E-state index contributed by atoms with van der Waals surface area (Å²) in [5.41, 5.74) is 1.21. The number of benzene rings is 1. The van der Waals surface area contributed by atoms with E-state index < -0.39 is 23.5 Å². The number of thiazole rings is 1. The van der Waals surface area contributed by atoms with Gasteiger partial charge in [0, 0.05) is 48.8 Å². The van der Waals surface area contributed by atoms with Crippen LogP contribution in [0, 0.1) is 5.92 Å². The lowest BCUT2D eigenvalue weighted by Gasteiger charge is -2.26. The van der Waals surface area contributed by atoms with Crippen molar-refractivity contribution in [2.24, 2.45) is 5.92 Å². The number of aromatic nitrogens is 2. The van der Waals surface area contributed by atoms with Gasteiger partial charge in [0.25, 0.3) is 0 Å². The number of rotatable bonds is 9. The van der Waals surface area contributed by atoms with Crippen molar-refractivity contribution in [2.45, 2.75) is 70.4 Å². The van der Waals surface area contributed by atoms with Crippen molar-refractivity contribution in [3.63, 3.8) is 0 Å². The zero-order valence-corrected chi connectivity index (χ0v) is 27.9. The van der Waals surface area contributed by atoms with Gasteiger partial charge in [-0.3, -0.25) is 4.79 Å². The third-order valence-corrected chi connectivity index (χ3v) is 9.30. The monoisotopic (exact) mass is 649 g/mol. The van der Waals surface area contributed by atoms with Crippen LogP contribution in [0.5, 0.6) is 11.5 Å². The van der Waals surface area contributed by atoms with Crippen LogP contribution < -0.4 is 20.1 Å². The zero-order chi connectivity index (χ0) is 32.8. The number of nitrogens with zero attached hydrogens (tertiary/aromatic N) is 3. The second-order valence-corrected chi connectivity index (χ2v) is 13.0. The second-order valence-electron chi connectivity index (χ2n) is 12.1. The maximum absolute atomic E-state index is 13.7. The minimum atomic E-state index is -1.14. The fourth-order valence-electron chi connectivity index (χ4n) is 5.51. The number of carbonyl (C=O) groups is 3. The molecule has 0 spiro atoms. The number of urea groups is 1.